The Morgan fingerprint density at radius 3 is 2.62 bits per heavy atom. The Hall–Kier alpha value is -3.26. The van der Waals surface area contributed by atoms with Crippen LogP contribution in [0, 0.1) is 11.6 Å². The Morgan fingerprint density at radius 2 is 1.95 bits per heavy atom. The number of nitrogens with one attached hydrogen (secondary N) is 1. The molecular formula is C24H23F4N4O6PS. The minimum Gasteiger partial charge on any atom is -0.495 e. The Kier molecular flexibility index (Phi) is 7.50. The maximum absolute atomic E-state index is 15.5. The molecule has 1 amide bonds. The van der Waals surface area contributed by atoms with E-state index in [-0.39, 0.29) is 47.9 Å². The van der Waals surface area contributed by atoms with E-state index in [1.54, 1.807) is 0 Å². The lowest BCUT2D eigenvalue weighted by Crippen LogP contribution is -2.62. The summed E-state index contributed by atoms with van der Waals surface area (Å²) < 4.78 is 102. The molecule has 1 aromatic heterocycles. The molecule has 0 radical (unpaired) electrons. The van der Waals surface area contributed by atoms with Gasteiger partial charge in [-0.2, -0.15) is 21.5 Å². The van der Waals surface area contributed by atoms with E-state index in [9.17, 15) is 26.4 Å². The van der Waals surface area contributed by atoms with Crippen LogP contribution in [-0.4, -0.2) is 62.7 Å². The number of anilines is 2. The van der Waals surface area contributed by atoms with Crippen LogP contribution in [-0.2, 0) is 25.4 Å². The van der Waals surface area contributed by atoms with E-state index in [4.69, 9.17) is 9.47 Å². The summed E-state index contributed by atoms with van der Waals surface area (Å²) in [5.74, 6) is -2.47. The number of hydrogen-bond acceptors (Lipinski definition) is 7. The average Bonchev–Trinajstić information content (AvgIpc) is 3.40. The van der Waals surface area contributed by atoms with Crippen molar-refractivity contribution in [1.82, 2.24) is 9.46 Å². The molecule has 2 saturated heterocycles. The molecule has 0 aliphatic carbocycles. The van der Waals surface area contributed by atoms with Crippen LogP contribution in [0.25, 0.3) is 11.1 Å². The standard InChI is InChI=1S/C24H23F4N4O6PS/c1-36-20-9-14(13-2-3-16(25)15(8-13)24(27,28)39)17(26)10-19(20)32-18-4-6-31(11-21(18)37-12-23(32)33)40(34,35)30-22-5-7-38-29-22/h2-3,5,7-10,18,21H,4,6,11-12,39H2,1H3,(H,29,30)/t18-,21-/m1/s1. The quantitative estimate of drug-likeness (QED) is 0.324. The van der Waals surface area contributed by atoms with Gasteiger partial charge in [0.2, 0.25) is 0 Å². The van der Waals surface area contributed by atoms with Crippen molar-refractivity contribution in [3.05, 3.63) is 59.9 Å². The molecule has 40 heavy (non-hydrogen) atoms. The predicted octanol–water partition coefficient (Wildman–Crippen LogP) is 3.72. The number of methoxy groups -OCH3 is 1. The topological polar surface area (TPSA) is 114 Å². The van der Waals surface area contributed by atoms with Crippen LogP contribution in [0.15, 0.2) is 47.2 Å². The fourth-order valence-corrected chi connectivity index (χ4v) is 6.23. The van der Waals surface area contributed by atoms with Gasteiger partial charge in [0.05, 0.1) is 30.5 Å². The van der Waals surface area contributed by atoms with Crippen LogP contribution in [0.5, 0.6) is 5.75 Å². The lowest BCUT2D eigenvalue weighted by molar-refractivity contribution is -0.134. The fourth-order valence-electron chi connectivity index (χ4n) is 4.83. The number of hydrogen-bond donors (Lipinski definition) is 1. The monoisotopic (exact) mass is 602 g/mol. The normalized spacial score (nSPS) is 20.4. The number of halogens is 4. The van der Waals surface area contributed by atoms with Gasteiger partial charge < -0.3 is 18.9 Å². The highest BCUT2D eigenvalue weighted by atomic mass is 32.2. The lowest BCUT2D eigenvalue weighted by atomic mass is 9.97. The third-order valence-corrected chi connectivity index (χ3v) is 8.47. The van der Waals surface area contributed by atoms with E-state index in [2.05, 4.69) is 14.4 Å². The Balaban J connectivity index is 1.45. The van der Waals surface area contributed by atoms with Crippen molar-refractivity contribution in [2.24, 2.45) is 0 Å². The molecule has 2 aliphatic heterocycles. The van der Waals surface area contributed by atoms with E-state index >= 15 is 4.39 Å². The fraction of sp³-hybridized carbons (Fsp3) is 0.333. The van der Waals surface area contributed by atoms with Crippen molar-refractivity contribution < 1.29 is 44.8 Å². The number of benzene rings is 2. The molecule has 16 heteroatoms. The number of amides is 1. The van der Waals surface area contributed by atoms with Gasteiger partial charge in [-0.25, -0.2) is 8.78 Å². The number of alkyl halides is 2. The highest BCUT2D eigenvalue weighted by molar-refractivity contribution is 7.90. The molecule has 2 aromatic carbocycles. The third kappa shape index (κ3) is 5.38. The van der Waals surface area contributed by atoms with Crippen LogP contribution < -0.4 is 14.4 Å². The molecule has 3 heterocycles. The maximum Gasteiger partial charge on any atom is 0.302 e. The van der Waals surface area contributed by atoms with Crippen LogP contribution in [0.1, 0.15) is 12.0 Å². The zero-order valence-electron chi connectivity index (χ0n) is 20.8. The first-order chi connectivity index (χ1) is 18.9. The van der Waals surface area contributed by atoms with Crippen molar-refractivity contribution in [3.63, 3.8) is 0 Å². The summed E-state index contributed by atoms with van der Waals surface area (Å²) in [6.45, 7) is -0.499. The van der Waals surface area contributed by atoms with Gasteiger partial charge in [-0.05, 0) is 30.2 Å². The molecule has 0 spiro atoms. The zero-order chi connectivity index (χ0) is 28.8. The number of rotatable bonds is 7. The first-order valence-electron chi connectivity index (χ1n) is 11.9. The van der Waals surface area contributed by atoms with Crippen LogP contribution in [0.2, 0.25) is 0 Å². The number of carbonyl (C=O) groups excluding carboxylic acids is 1. The molecule has 3 atom stereocenters. The van der Waals surface area contributed by atoms with Gasteiger partial charge in [-0.15, -0.1) is 0 Å². The number of nitrogens with zero attached hydrogens (tertiary/aromatic N) is 3. The third-order valence-electron chi connectivity index (χ3n) is 6.68. The largest absolute Gasteiger partial charge is 0.495 e. The zero-order valence-corrected chi connectivity index (χ0v) is 22.8. The van der Waals surface area contributed by atoms with Gasteiger partial charge >= 0.3 is 10.2 Å². The highest BCUT2D eigenvalue weighted by Crippen LogP contribution is 2.42. The Labute approximate surface area is 228 Å². The van der Waals surface area contributed by atoms with Gasteiger partial charge in [-0.1, -0.05) is 20.5 Å². The second-order valence-corrected chi connectivity index (χ2v) is 11.5. The van der Waals surface area contributed by atoms with Gasteiger partial charge in [0.25, 0.3) is 11.6 Å². The molecule has 10 nitrogen and oxygen atoms in total. The molecule has 0 bridgehead atoms. The Bertz CT molecular complexity index is 1540. The number of fused-ring (bicyclic) bond motifs is 1. The number of morpholine rings is 1. The molecule has 1 N–H and O–H groups in total. The second kappa shape index (κ2) is 10.6. The number of aromatic nitrogens is 1. The first kappa shape index (κ1) is 28.3. The summed E-state index contributed by atoms with van der Waals surface area (Å²) in [6, 6.07) is 5.77. The van der Waals surface area contributed by atoms with E-state index in [1.807, 2.05) is 0 Å². The molecule has 0 saturated carbocycles. The molecule has 1 unspecified atom stereocenters. The lowest BCUT2D eigenvalue weighted by Gasteiger charge is -2.46. The van der Waals surface area contributed by atoms with Crippen molar-refractivity contribution >= 4 is 36.9 Å². The number of carbonyl (C=O) groups is 1. The molecule has 3 aromatic rings. The molecular weight excluding hydrogens is 579 g/mol. The van der Waals surface area contributed by atoms with Crippen LogP contribution >= 0.6 is 9.24 Å². The number of ether oxygens (including phenoxy) is 2. The van der Waals surface area contributed by atoms with Crippen molar-refractivity contribution in [1.29, 1.82) is 0 Å². The van der Waals surface area contributed by atoms with Crippen LogP contribution in [0.3, 0.4) is 0 Å². The summed E-state index contributed by atoms with van der Waals surface area (Å²) in [5, 5.41) is 3.53. The van der Waals surface area contributed by atoms with Gasteiger partial charge in [0.1, 0.15) is 30.3 Å². The van der Waals surface area contributed by atoms with Crippen molar-refractivity contribution in [2.75, 3.05) is 36.4 Å². The van der Waals surface area contributed by atoms with Crippen molar-refractivity contribution in [2.45, 2.75) is 24.2 Å². The minimum absolute atomic E-state index is 0.00141. The maximum atomic E-state index is 15.5. The van der Waals surface area contributed by atoms with E-state index in [0.29, 0.717) is 0 Å². The second-order valence-electron chi connectivity index (χ2n) is 9.14. The molecule has 5 rings (SSSR count). The Morgan fingerprint density at radius 1 is 1.18 bits per heavy atom. The van der Waals surface area contributed by atoms with Crippen LogP contribution in [0.4, 0.5) is 29.1 Å². The van der Waals surface area contributed by atoms with E-state index < -0.39 is 57.7 Å². The number of piperidine rings is 1. The first-order valence-corrected chi connectivity index (χ1v) is 13.9. The van der Waals surface area contributed by atoms with E-state index in [0.717, 1.165) is 28.6 Å². The summed E-state index contributed by atoms with van der Waals surface area (Å²) in [5.41, 5.74) is -4.62. The smallest absolute Gasteiger partial charge is 0.302 e. The summed E-state index contributed by atoms with van der Waals surface area (Å²) in [7, 11) is -1.48. The molecule has 214 valence electrons. The van der Waals surface area contributed by atoms with Gasteiger partial charge in [0, 0.05) is 30.8 Å². The summed E-state index contributed by atoms with van der Waals surface area (Å²) in [6.07, 6.45) is 0.604. The highest BCUT2D eigenvalue weighted by Gasteiger charge is 2.45. The molecule has 2 fully saturated rings. The average molecular weight is 603 g/mol. The van der Waals surface area contributed by atoms with Gasteiger partial charge in [0.15, 0.2) is 5.82 Å². The summed E-state index contributed by atoms with van der Waals surface area (Å²) in [4.78, 5) is 14.3. The molecule has 2 aliphatic rings. The predicted molar refractivity (Wildman–Crippen MR) is 138 cm³/mol. The van der Waals surface area contributed by atoms with Crippen molar-refractivity contribution in [3.8, 4) is 16.9 Å². The summed E-state index contributed by atoms with van der Waals surface area (Å²) >= 11 is 0. The van der Waals surface area contributed by atoms with Gasteiger partial charge in [-0.3, -0.25) is 9.52 Å². The van der Waals surface area contributed by atoms with E-state index in [1.165, 1.54) is 39.6 Å². The minimum atomic E-state index is -4.01. The SMILES string of the molecule is COc1cc(-c2ccc(F)c(C(F)(F)P)c2)c(F)cc1N1C(=O)CO[C@@H]2CN(S(=O)(=O)Nc3ccon3)CC[C@H]21.